The minimum Gasteiger partial charge on any atom is -0.454 e. The molecule has 1 atom stereocenters. The van der Waals surface area contributed by atoms with E-state index in [-0.39, 0.29) is 23.7 Å². The Balaban J connectivity index is 1.55. The Hall–Kier alpha value is -2.54. The summed E-state index contributed by atoms with van der Waals surface area (Å²) in [5, 5.41) is 4.11. The van der Waals surface area contributed by atoms with Gasteiger partial charge in [0.2, 0.25) is 11.0 Å². The van der Waals surface area contributed by atoms with Crippen molar-refractivity contribution >= 4 is 57.2 Å². The Morgan fingerprint density at radius 3 is 2.84 bits per heavy atom. The zero-order chi connectivity index (χ0) is 22.9. The second-order valence-corrected chi connectivity index (χ2v) is 10.3. The van der Waals surface area contributed by atoms with Crippen molar-refractivity contribution < 1.29 is 14.3 Å². The Labute approximate surface area is 203 Å². The minimum absolute atomic E-state index is 0.0595. The number of carbonyl (C=O) groups excluding carboxylic acids is 1. The molecule has 1 unspecified atom stereocenters. The first-order valence-electron chi connectivity index (χ1n) is 9.93. The fourth-order valence-corrected chi connectivity index (χ4v) is 4.61. The van der Waals surface area contributed by atoms with Crippen molar-refractivity contribution in [3.63, 3.8) is 0 Å². The number of fused-ring (bicyclic) bond motifs is 1. The number of imidazole rings is 1. The molecule has 9 nitrogen and oxygen atoms in total. The van der Waals surface area contributed by atoms with Gasteiger partial charge in [-0.3, -0.25) is 4.79 Å². The normalized spacial score (nSPS) is 15.9. The summed E-state index contributed by atoms with van der Waals surface area (Å²) in [5.74, 6) is 0.222. The summed E-state index contributed by atoms with van der Waals surface area (Å²) in [5.41, 5.74) is 7.71. The minimum atomic E-state index is -0.522. The van der Waals surface area contributed by atoms with Crippen molar-refractivity contribution in [2.75, 3.05) is 5.73 Å². The molecule has 11 heteroatoms. The van der Waals surface area contributed by atoms with E-state index in [1.807, 2.05) is 49.6 Å². The van der Waals surface area contributed by atoms with Gasteiger partial charge in [-0.25, -0.2) is 15.0 Å². The lowest BCUT2D eigenvalue weighted by atomic mass is 10.1. The number of thioether (sulfide) groups is 1. The van der Waals surface area contributed by atoms with Gasteiger partial charge in [0, 0.05) is 27.6 Å². The van der Waals surface area contributed by atoms with Crippen LogP contribution < -0.4 is 11.1 Å². The third-order valence-electron chi connectivity index (χ3n) is 4.46. The monoisotopic (exact) mass is 566 g/mol. The Morgan fingerprint density at radius 2 is 2.09 bits per heavy atom. The van der Waals surface area contributed by atoms with Crippen LogP contribution in [0.5, 0.6) is 0 Å². The van der Waals surface area contributed by atoms with Gasteiger partial charge in [0.05, 0.1) is 0 Å². The predicted octanol–water partition coefficient (Wildman–Crippen LogP) is 3.95. The molecular weight excluding hydrogens is 543 g/mol. The molecule has 1 amide bonds. The van der Waals surface area contributed by atoms with Crippen LogP contribution in [-0.2, 0) is 20.8 Å². The van der Waals surface area contributed by atoms with Crippen LogP contribution in [0.15, 0.2) is 47.1 Å². The SMILES string of the molecule is CC(C)(C)NC(=O)CCn1c(SC2=COC(c3ccccc3I)O2)nc2c(N)ncnc21. The van der Waals surface area contributed by atoms with Gasteiger partial charge in [-0.1, -0.05) is 18.2 Å². The van der Waals surface area contributed by atoms with Gasteiger partial charge in [0.25, 0.3) is 6.29 Å². The van der Waals surface area contributed by atoms with Crippen molar-refractivity contribution in [3.05, 3.63) is 51.1 Å². The molecule has 1 aliphatic rings. The molecule has 3 N–H and O–H groups in total. The predicted molar refractivity (Wildman–Crippen MR) is 130 cm³/mol. The van der Waals surface area contributed by atoms with Gasteiger partial charge in [0.15, 0.2) is 22.1 Å². The fourth-order valence-electron chi connectivity index (χ4n) is 3.13. The van der Waals surface area contributed by atoms with Gasteiger partial charge in [-0.2, -0.15) is 0 Å². The molecule has 0 radical (unpaired) electrons. The van der Waals surface area contributed by atoms with E-state index < -0.39 is 6.29 Å². The lowest BCUT2D eigenvalue weighted by molar-refractivity contribution is -0.122. The van der Waals surface area contributed by atoms with Crippen molar-refractivity contribution in [3.8, 4) is 0 Å². The number of nitrogen functional groups attached to an aromatic ring is 1. The third-order valence-corrected chi connectivity index (χ3v) is 6.33. The Kier molecular flexibility index (Phi) is 6.47. The summed E-state index contributed by atoms with van der Waals surface area (Å²) in [6.07, 6.45) is 2.71. The van der Waals surface area contributed by atoms with Crippen LogP contribution >= 0.6 is 34.4 Å². The van der Waals surface area contributed by atoms with Gasteiger partial charge in [0.1, 0.15) is 12.6 Å². The largest absolute Gasteiger partial charge is 0.454 e. The second kappa shape index (κ2) is 9.14. The highest BCUT2D eigenvalue weighted by atomic mass is 127. The molecule has 2 aromatic heterocycles. The van der Waals surface area contributed by atoms with Crippen molar-refractivity contribution in [2.45, 2.75) is 50.7 Å². The first-order chi connectivity index (χ1) is 15.2. The van der Waals surface area contributed by atoms with E-state index in [9.17, 15) is 4.79 Å². The zero-order valence-corrected chi connectivity index (χ0v) is 20.8. The lowest BCUT2D eigenvalue weighted by Crippen LogP contribution is -2.40. The van der Waals surface area contributed by atoms with Crippen LogP contribution in [0.4, 0.5) is 5.82 Å². The molecule has 0 saturated heterocycles. The summed E-state index contributed by atoms with van der Waals surface area (Å²) in [6, 6.07) is 7.87. The molecule has 0 spiro atoms. The number of aromatic nitrogens is 4. The van der Waals surface area contributed by atoms with Crippen LogP contribution in [0.1, 0.15) is 39.0 Å². The van der Waals surface area contributed by atoms with E-state index in [1.165, 1.54) is 18.1 Å². The number of aryl methyl sites for hydroxylation is 1. The number of benzene rings is 1. The molecule has 3 aromatic rings. The number of nitrogens with one attached hydrogen (secondary N) is 1. The Morgan fingerprint density at radius 1 is 1.31 bits per heavy atom. The topological polar surface area (TPSA) is 117 Å². The number of hydrogen-bond acceptors (Lipinski definition) is 8. The Bertz CT molecular complexity index is 1190. The molecular formula is C21H23IN6O3S. The molecule has 0 fully saturated rings. The summed E-state index contributed by atoms with van der Waals surface area (Å²) >= 11 is 3.54. The summed E-state index contributed by atoms with van der Waals surface area (Å²) in [6.45, 7) is 6.22. The van der Waals surface area contributed by atoms with Crippen LogP contribution in [-0.4, -0.2) is 31.0 Å². The highest BCUT2D eigenvalue weighted by molar-refractivity contribution is 14.1. The average Bonchev–Trinajstić information content (AvgIpc) is 3.31. The highest BCUT2D eigenvalue weighted by Gasteiger charge is 2.26. The van der Waals surface area contributed by atoms with Crippen LogP contribution in [0.2, 0.25) is 0 Å². The molecule has 0 aliphatic carbocycles. The molecule has 4 rings (SSSR count). The molecule has 32 heavy (non-hydrogen) atoms. The highest BCUT2D eigenvalue weighted by Crippen LogP contribution is 2.39. The number of amides is 1. The van der Waals surface area contributed by atoms with E-state index in [4.69, 9.17) is 15.2 Å². The molecule has 0 saturated carbocycles. The number of rotatable bonds is 6. The summed E-state index contributed by atoms with van der Waals surface area (Å²) < 4.78 is 14.6. The van der Waals surface area contributed by atoms with Gasteiger partial charge in [-0.05, 0) is 61.2 Å². The molecule has 3 heterocycles. The van der Waals surface area contributed by atoms with Gasteiger partial charge >= 0.3 is 0 Å². The fraction of sp³-hybridized carbons (Fsp3) is 0.333. The number of hydrogen-bond donors (Lipinski definition) is 2. The maximum Gasteiger partial charge on any atom is 0.268 e. The maximum atomic E-state index is 12.4. The summed E-state index contributed by atoms with van der Waals surface area (Å²) in [4.78, 5) is 25.4. The van der Waals surface area contributed by atoms with Gasteiger partial charge < -0.3 is 25.1 Å². The first kappa shape index (κ1) is 22.6. The van der Waals surface area contributed by atoms with E-state index in [2.05, 4.69) is 42.9 Å². The van der Waals surface area contributed by atoms with Crippen molar-refractivity contribution in [1.82, 2.24) is 24.8 Å². The number of carbonyl (C=O) groups is 1. The number of halogens is 1. The van der Waals surface area contributed by atoms with E-state index >= 15 is 0 Å². The van der Waals surface area contributed by atoms with Crippen molar-refractivity contribution in [1.29, 1.82) is 0 Å². The number of anilines is 1. The lowest BCUT2D eigenvalue weighted by Gasteiger charge is -2.20. The van der Waals surface area contributed by atoms with Crippen molar-refractivity contribution in [2.24, 2.45) is 0 Å². The first-order valence-corrected chi connectivity index (χ1v) is 11.8. The van der Waals surface area contributed by atoms with Crippen LogP contribution in [0.3, 0.4) is 0 Å². The van der Waals surface area contributed by atoms with Gasteiger partial charge in [-0.15, -0.1) is 0 Å². The zero-order valence-electron chi connectivity index (χ0n) is 17.8. The van der Waals surface area contributed by atoms with Crippen LogP contribution in [0.25, 0.3) is 11.2 Å². The van der Waals surface area contributed by atoms with E-state index in [1.54, 1.807) is 6.26 Å². The molecule has 1 aromatic carbocycles. The number of ether oxygens (including phenoxy) is 2. The molecule has 168 valence electrons. The second-order valence-electron chi connectivity index (χ2n) is 8.17. The standard InChI is InChI=1S/C21H23IN6O3S/c1-21(2,3)27-14(29)8-9-28-18-16(17(23)24-11-25-18)26-20(28)32-15-10-30-19(31-15)12-6-4-5-7-13(12)22/h4-7,10-11,19H,8-9H2,1-3H3,(H,27,29)(H2,23,24,25). The number of nitrogens with zero attached hydrogens (tertiary/aromatic N) is 4. The van der Waals surface area contributed by atoms with Crippen LogP contribution in [0, 0.1) is 3.57 Å². The third kappa shape index (κ3) is 5.09. The maximum absolute atomic E-state index is 12.4. The number of nitrogens with two attached hydrogens (primary N) is 1. The average molecular weight is 566 g/mol. The quantitative estimate of drug-likeness (QED) is 0.431. The van der Waals surface area contributed by atoms with E-state index in [0.717, 1.165) is 9.13 Å². The molecule has 1 aliphatic heterocycles. The molecule has 0 bridgehead atoms. The van der Waals surface area contributed by atoms with E-state index in [0.29, 0.717) is 28.0 Å². The summed E-state index contributed by atoms with van der Waals surface area (Å²) in [7, 11) is 0. The smallest absolute Gasteiger partial charge is 0.268 e.